The number of nitrogens with one attached hydrogen (secondary N) is 1. The van der Waals surface area contributed by atoms with Crippen LogP contribution in [0.5, 0.6) is 0 Å². The molecule has 0 saturated heterocycles. The van der Waals surface area contributed by atoms with Crippen molar-refractivity contribution in [2.75, 3.05) is 5.32 Å². The Hall–Kier alpha value is -1.70. The third-order valence-electron chi connectivity index (χ3n) is 3.19. The van der Waals surface area contributed by atoms with Crippen LogP contribution in [0.2, 0.25) is 0 Å². The summed E-state index contributed by atoms with van der Waals surface area (Å²) in [5, 5.41) is 13.5. The lowest BCUT2D eigenvalue weighted by Gasteiger charge is -2.02. The number of hydrogen-bond acceptors (Lipinski definition) is 6. The fraction of sp³-hybridized carbons (Fsp3) is 0.188. The van der Waals surface area contributed by atoms with Crippen LogP contribution in [0.1, 0.15) is 26.4 Å². The molecule has 0 radical (unpaired) electrons. The minimum Gasteiger partial charge on any atom is -0.296 e. The van der Waals surface area contributed by atoms with Gasteiger partial charge in [-0.05, 0) is 42.0 Å². The molecule has 1 N–H and O–H groups in total. The first-order chi connectivity index (χ1) is 11.1. The Bertz CT molecular complexity index is 825. The van der Waals surface area contributed by atoms with E-state index in [1.54, 1.807) is 11.8 Å². The van der Waals surface area contributed by atoms with Crippen LogP contribution in [0.25, 0.3) is 0 Å². The number of amides is 1. The third kappa shape index (κ3) is 4.19. The van der Waals surface area contributed by atoms with Crippen molar-refractivity contribution < 1.29 is 4.79 Å². The molecule has 23 heavy (non-hydrogen) atoms. The first kappa shape index (κ1) is 16.2. The number of thiophene rings is 1. The van der Waals surface area contributed by atoms with Crippen molar-refractivity contribution in [2.24, 2.45) is 0 Å². The van der Waals surface area contributed by atoms with E-state index in [-0.39, 0.29) is 5.91 Å². The van der Waals surface area contributed by atoms with Gasteiger partial charge in [-0.2, -0.15) is 0 Å². The molecule has 7 heteroatoms. The Labute approximate surface area is 147 Å². The highest BCUT2D eigenvalue weighted by Gasteiger charge is 2.12. The number of nitrogens with zero attached hydrogens (tertiary/aromatic N) is 2. The summed E-state index contributed by atoms with van der Waals surface area (Å²) in [6, 6.07) is 10.2. The molecule has 0 unspecified atom stereocenters. The number of carbonyl (C=O) groups is 1. The molecular formula is C16H15N3OS3. The fourth-order valence-corrected chi connectivity index (χ4v) is 4.56. The lowest BCUT2D eigenvalue weighted by Crippen LogP contribution is -2.09. The van der Waals surface area contributed by atoms with Gasteiger partial charge in [-0.1, -0.05) is 47.4 Å². The summed E-state index contributed by atoms with van der Waals surface area (Å²) in [7, 11) is 0. The van der Waals surface area contributed by atoms with Gasteiger partial charge in [-0.15, -0.1) is 21.5 Å². The van der Waals surface area contributed by atoms with E-state index in [1.165, 1.54) is 33.8 Å². The summed E-state index contributed by atoms with van der Waals surface area (Å²) in [5.74, 6) is 0.717. The van der Waals surface area contributed by atoms with Gasteiger partial charge in [0, 0.05) is 5.75 Å². The van der Waals surface area contributed by atoms with Crippen LogP contribution in [0.3, 0.4) is 0 Å². The summed E-state index contributed by atoms with van der Waals surface area (Å²) in [6.45, 7) is 4.07. The highest BCUT2D eigenvalue weighted by molar-refractivity contribution is 8.00. The molecule has 0 aliphatic heterocycles. The highest BCUT2D eigenvalue weighted by atomic mass is 32.2. The zero-order valence-corrected chi connectivity index (χ0v) is 15.1. The molecular weight excluding hydrogens is 346 g/mol. The Kier molecular flexibility index (Phi) is 5.09. The number of aryl methyl sites for hydroxylation is 2. The van der Waals surface area contributed by atoms with E-state index < -0.39 is 0 Å². The molecule has 0 spiro atoms. The SMILES string of the molecule is Cc1csc(C(=O)Nc2nnc(SCc3ccccc3C)s2)c1. The molecule has 1 amide bonds. The molecule has 0 aliphatic carbocycles. The smallest absolute Gasteiger partial charge is 0.267 e. The molecule has 2 aromatic heterocycles. The second-order valence-corrected chi connectivity index (χ2v) is 8.14. The Morgan fingerprint density at radius 3 is 2.83 bits per heavy atom. The number of aromatic nitrogens is 2. The molecule has 3 aromatic rings. The molecule has 118 valence electrons. The van der Waals surface area contributed by atoms with Gasteiger partial charge in [0.05, 0.1) is 4.88 Å². The maximum Gasteiger partial charge on any atom is 0.267 e. The average Bonchev–Trinajstić information content (AvgIpc) is 3.15. The van der Waals surface area contributed by atoms with Crippen molar-refractivity contribution in [3.05, 3.63) is 57.3 Å². The molecule has 2 heterocycles. The van der Waals surface area contributed by atoms with Crippen LogP contribution in [0.4, 0.5) is 5.13 Å². The van der Waals surface area contributed by atoms with Crippen LogP contribution in [-0.2, 0) is 5.75 Å². The molecule has 1 aromatic carbocycles. The molecule has 0 bridgehead atoms. The predicted molar refractivity (Wildman–Crippen MR) is 97.7 cm³/mol. The maximum absolute atomic E-state index is 12.1. The van der Waals surface area contributed by atoms with E-state index in [1.807, 2.05) is 30.5 Å². The van der Waals surface area contributed by atoms with Crippen molar-refractivity contribution in [1.29, 1.82) is 0 Å². The van der Waals surface area contributed by atoms with Crippen LogP contribution in [-0.4, -0.2) is 16.1 Å². The van der Waals surface area contributed by atoms with Gasteiger partial charge in [-0.3, -0.25) is 10.1 Å². The molecule has 3 rings (SSSR count). The van der Waals surface area contributed by atoms with Crippen molar-refractivity contribution in [2.45, 2.75) is 23.9 Å². The van der Waals surface area contributed by atoms with E-state index >= 15 is 0 Å². The van der Waals surface area contributed by atoms with E-state index in [0.717, 1.165) is 15.7 Å². The Morgan fingerprint density at radius 2 is 2.09 bits per heavy atom. The Morgan fingerprint density at radius 1 is 1.26 bits per heavy atom. The zero-order valence-electron chi connectivity index (χ0n) is 12.7. The lowest BCUT2D eigenvalue weighted by atomic mass is 10.1. The summed E-state index contributed by atoms with van der Waals surface area (Å²) in [4.78, 5) is 12.8. The summed E-state index contributed by atoms with van der Waals surface area (Å²) in [5.41, 5.74) is 3.64. The number of thioether (sulfide) groups is 1. The standard InChI is InChI=1S/C16H15N3OS3/c1-10-7-13(21-8-10)14(20)17-15-18-19-16(23-15)22-9-12-6-4-3-5-11(12)2/h3-8H,9H2,1-2H3,(H,17,18,20). The van der Waals surface area contributed by atoms with Gasteiger partial charge in [0.25, 0.3) is 5.91 Å². The van der Waals surface area contributed by atoms with E-state index in [2.05, 4.69) is 34.6 Å². The van der Waals surface area contributed by atoms with Gasteiger partial charge in [0.15, 0.2) is 4.34 Å². The van der Waals surface area contributed by atoms with Crippen LogP contribution in [0, 0.1) is 13.8 Å². The normalized spacial score (nSPS) is 10.7. The number of benzene rings is 1. The van der Waals surface area contributed by atoms with E-state index in [4.69, 9.17) is 0 Å². The van der Waals surface area contributed by atoms with E-state index in [9.17, 15) is 4.79 Å². The van der Waals surface area contributed by atoms with Crippen LogP contribution >= 0.6 is 34.4 Å². The van der Waals surface area contributed by atoms with Gasteiger partial charge < -0.3 is 0 Å². The summed E-state index contributed by atoms with van der Waals surface area (Å²) >= 11 is 4.46. The van der Waals surface area contributed by atoms with Crippen molar-refractivity contribution in [3.63, 3.8) is 0 Å². The third-order valence-corrected chi connectivity index (χ3v) is 6.26. The van der Waals surface area contributed by atoms with Gasteiger partial charge in [0.2, 0.25) is 5.13 Å². The van der Waals surface area contributed by atoms with Gasteiger partial charge >= 0.3 is 0 Å². The van der Waals surface area contributed by atoms with Crippen molar-refractivity contribution in [3.8, 4) is 0 Å². The minimum atomic E-state index is -0.130. The molecule has 0 saturated carbocycles. The minimum absolute atomic E-state index is 0.130. The molecule has 4 nitrogen and oxygen atoms in total. The van der Waals surface area contributed by atoms with Crippen molar-refractivity contribution in [1.82, 2.24) is 10.2 Å². The topological polar surface area (TPSA) is 54.9 Å². The first-order valence-electron chi connectivity index (χ1n) is 6.99. The largest absolute Gasteiger partial charge is 0.296 e. The average molecular weight is 362 g/mol. The predicted octanol–water partition coefficient (Wildman–Crippen LogP) is 4.76. The summed E-state index contributed by atoms with van der Waals surface area (Å²) in [6.07, 6.45) is 0. The maximum atomic E-state index is 12.1. The highest BCUT2D eigenvalue weighted by Crippen LogP contribution is 2.29. The fourth-order valence-electron chi connectivity index (χ4n) is 1.94. The molecule has 0 atom stereocenters. The van der Waals surface area contributed by atoms with Crippen LogP contribution in [0.15, 0.2) is 40.1 Å². The van der Waals surface area contributed by atoms with Crippen molar-refractivity contribution >= 4 is 45.5 Å². The summed E-state index contributed by atoms with van der Waals surface area (Å²) < 4.78 is 0.853. The lowest BCUT2D eigenvalue weighted by molar-refractivity contribution is 0.103. The number of anilines is 1. The number of carbonyl (C=O) groups excluding carboxylic acids is 1. The van der Waals surface area contributed by atoms with Crippen LogP contribution < -0.4 is 5.32 Å². The number of hydrogen-bond donors (Lipinski definition) is 1. The van der Waals surface area contributed by atoms with Gasteiger partial charge in [-0.25, -0.2) is 0 Å². The molecule has 0 fully saturated rings. The Balaban J connectivity index is 1.60. The zero-order chi connectivity index (χ0) is 16.2. The second kappa shape index (κ2) is 7.25. The monoisotopic (exact) mass is 361 g/mol. The van der Waals surface area contributed by atoms with Gasteiger partial charge in [0.1, 0.15) is 0 Å². The molecule has 0 aliphatic rings. The second-order valence-electron chi connectivity index (χ2n) is 5.03. The first-order valence-corrected chi connectivity index (χ1v) is 9.67. The quantitative estimate of drug-likeness (QED) is 0.526. The number of rotatable bonds is 5. The van der Waals surface area contributed by atoms with E-state index in [0.29, 0.717) is 10.0 Å².